The number of esters is 1. The highest BCUT2D eigenvalue weighted by Gasteiger charge is 2.59. The molecule has 0 aromatic heterocycles. The van der Waals surface area contributed by atoms with Gasteiger partial charge in [0.15, 0.2) is 0 Å². The number of morpholine rings is 1. The van der Waals surface area contributed by atoms with Crippen molar-refractivity contribution in [3.63, 3.8) is 0 Å². The molecule has 3 saturated carbocycles. The molecule has 9 atom stereocenters. The molecular formula is C56H99NO6. The summed E-state index contributed by atoms with van der Waals surface area (Å²) in [4.78, 5) is 15.4. The van der Waals surface area contributed by atoms with Gasteiger partial charge in [0.1, 0.15) is 12.7 Å². The lowest BCUT2D eigenvalue weighted by Crippen LogP contribution is -2.51. The quantitative estimate of drug-likeness (QED) is 0.0379. The van der Waals surface area contributed by atoms with Gasteiger partial charge in [0.25, 0.3) is 0 Å². The van der Waals surface area contributed by atoms with Crippen LogP contribution in [0.15, 0.2) is 23.8 Å². The third-order valence-corrected chi connectivity index (χ3v) is 17.0. The monoisotopic (exact) mass is 882 g/mol. The number of carbonyl (C=O) groups excluding carboxylic acids is 1. The Morgan fingerprint density at radius 1 is 0.794 bits per heavy atom. The van der Waals surface area contributed by atoms with Gasteiger partial charge >= 0.3 is 5.97 Å². The molecule has 1 aliphatic heterocycles. The van der Waals surface area contributed by atoms with Crippen molar-refractivity contribution in [2.75, 3.05) is 65.9 Å². The highest BCUT2D eigenvalue weighted by molar-refractivity contribution is 5.71. The van der Waals surface area contributed by atoms with Crippen LogP contribution in [0.3, 0.4) is 0 Å². The number of ether oxygens (including phenoxy) is 5. The van der Waals surface area contributed by atoms with Gasteiger partial charge in [-0.05, 0) is 123 Å². The number of hydrogen-bond donors (Lipinski definition) is 0. The number of hydrogen-bond acceptors (Lipinski definition) is 7. The van der Waals surface area contributed by atoms with Crippen molar-refractivity contribution < 1.29 is 28.5 Å². The molecule has 0 spiro atoms. The van der Waals surface area contributed by atoms with Crippen molar-refractivity contribution in [3.05, 3.63) is 23.8 Å². The van der Waals surface area contributed by atoms with Gasteiger partial charge in [0, 0.05) is 32.7 Å². The molecule has 0 aromatic carbocycles. The molecular weight excluding hydrogens is 783 g/mol. The fraction of sp³-hybridized carbons (Fsp3) is 0.911. The topological polar surface area (TPSA) is 66.5 Å². The summed E-state index contributed by atoms with van der Waals surface area (Å²) >= 11 is 0. The summed E-state index contributed by atoms with van der Waals surface area (Å²) in [5.41, 5.74) is 2.34. The minimum Gasteiger partial charge on any atom is -0.460 e. The van der Waals surface area contributed by atoms with E-state index in [2.05, 4.69) is 64.7 Å². The summed E-state index contributed by atoms with van der Waals surface area (Å²) in [7, 11) is 0. The third kappa shape index (κ3) is 17.1. The van der Waals surface area contributed by atoms with Gasteiger partial charge in [-0.2, -0.15) is 0 Å². The van der Waals surface area contributed by atoms with Crippen LogP contribution in [0.2, 0.25) is 0 Å². The van der Waals surface area contributed by atoms with E-state index in [0.717, 1.165) is 101 Å². The fourth-order valence-corrected chi connectivity index (χ4v) is 13.3. The Kier molecular flexibility index (Phi) is 24.1. The highest BCUT2D eigenvalue weighted by Crippen LogP contribution is 2.67. The van der Waals surface area contributed by atoms with Crippen LogP contribution in [0.25, 0.3) is 0 Å². The Labute approximate surface area is 388 Å². The average Bonchev–Trinajstić information content (AvgIpc) is 3.63. The second-order valence-corrected chi connectivity index (χ2v) is 22.1. The largest absolute Gasteiger partial charge is 0.460 e. The van der Waals surface area contributed by atoms with Crippen LogP contribution in [0.1, 0.15) is 202 Å². The maximum Gasteiger partial charge on any atom is 0.332 e. The maximum absolute atomic E-state index is 13.0. The van der Waals surface area contributed by atoms with E-state index in [0.29, 0.717) is 25.2 Å². The smallest absolute Gasteiger partial charge is 0.332 e. The first-order valence-corrected chi connectivity index (χ1v) is 27.2. The number of unbranched alkanes of at least 4 members (excludes halogenated alkanes) is 12. The molecule has 7 nitrogen and oxygen atoms in total. The summed E-state index contributed by atoms with van der Waals surface area (Å²) < 4.78 is 29.9. The molecule has 63 heavy (non-hydrogen) atoms. The second kappa shape index (κ2) is 28.8. The molecule has 4 fully saturated rings. The van der Waals surface area contributed by atoms with Gasteiger partial charge in [0.05, 0.1) is 39.1 Å². The molecule has 0 aromatic rings. The summed E-state index contributed by atoms with van der Waals surface area (Å²) in [6, 6.07) is 0. The predicted octanol–water partition coefficient (Wildman–Crippen LogP) is 13.7. The maximum atomic E-state index is 13.0. The Morgan fingerprint density at radius 2 is 1.51 bits per heavy atom. The molecule has 0 bridgehead atoms. The van der Waals surface area contributed by atoms with Crippen molar-refractivity contribution >= 4 is 5.97 Å². The van der Waals surface area contributed by atoms with Crippen LogP contribution in [0.5, 0.6) is 0 Å². The number of allylic oxidation sites excluding steroid dienone is 3. The zero-order chi connectivity index (χ0) is 44.8. The third-order valence-electron chi connectivity index (χ3n) is 17.0. The summed E-state index contributed by atoms with van der Waals surface area (Å²) in [5, 5.41) is 0. The first kappa shape index (κ1) is 52.7. The lowest BCUT2D eigenvalue weighted by molar-refractivity contribution is -0.157. The van der Waals surface area contributed by atoms with E-state index < -0.39 is 0 Å². The lowest BCUT2D eigenvalue weighted by Gasteiger charge is -2.58. The van der Waals surface area contributed by atoms with Crippen molar-refractivity contribution in [1.29, 1.82) is 0 Å². The summed E-state index contributed by atoms with van der Waals surface area (Å²) in [5.74, 6) is 4.79. The van der Waals surface area contributed by atoms with Gasteiger partial charge < -0.3 is 23.7 Å². The number of nitrogens with zero attached hydrogens (tertiary/aromatic N) is 1. The second-order valence-electron chi connectivity index (χ2n) is 22.1. The molecule has 5 unspecified atom stereocenters. The van der Waals surface area contributed by atoms with E-state index in [9.17, 15) is 4.79 Å². The zero-order valence-electron chi connectivity index (χ0n) is 42.0. The number of rotatable bonds is 32. The molecule has 0 N–H and O–H groups in total. The van der Waals surface area contributed by atoms with E-state index in [1.807, 2.05) is 0 Å². The lowest BCUT2D eigenvalue weighted by atomic mass is 9.47. The molecule has 364 valence electrons. The van der Waals surface area contributed by atoms with Gasteiger partial charge in [-0.25, -0.2) is 4.79 Å². The van der Waals surface area contributed by atoms with Gasteiger partial charge in [-0.1, -0.05) is 142 Å². The minimum atomic E-state index is -0.241. The normalized spacial score (nSPS) is 29.6. The zero-order valence-corrected chi connectivity index (χ0v) is 42.0. The molecule has 4 aliphatic carbocycles. The SMILES string of the molecule is CCCCCCCCC=CCCCCCCCCOCC(CN1CCOCC1)OCCOCC(=O)OC1CC[C@@]2(C)C(=CCC3C2CC[C@@]2(C)C3CC[C@@H]2[C@H](C)CCCC(C)C)C1. The summed E-state index contributed by atoms with van der Waals surface area (Å²) in [6.45, 7) is 21.2. The van der Waals surface area contributed by atoms with Crippen LogP contribution < -0.4 is 0 Å². The minimum absolute atomic E-state index is 0.0151. The fourth-order valence-electron chi connectivity index (χ4n) is 13.3. The first-order valence-electron chi connectivity index (χ1n) is 27.2. The Bertz CT molecular complexity index is 1310. The van der Waals surface area contributed by atoms with Gasteiger partial charge in [-0.15, -0.1) is 0 Å². The summed E-state index contributed by atoms with van der Waals surface area (Å²) in [6.07, 6.45) is 39.8. The molecule has 1 heterocycles. The van der Waals surface area contributed by atoms with Gasteiger partial charge in [0.2, 0.25) is 0 Å². The highest BCUT2D eigenvalue weighted by atomic mass is 16.6. The number of fused-ring (bicyclic) bond motifs is 5. The van der Waals surface area contributed by atoms with Crippen LogP contribution >= 0.6 is 0 Å². The number of carbonyl (C=O) groups is 1. The predicted molar refractivity (Wildman–Crippen MR) is 261 cm³/mol. The first-order chi connectivity index (χ1) is 30.6. The van der Waals surface area contributed by atoms with E-state index in [1.54, 1.807) is 5.57 Å². The van der Waals surface area contributed by atoms with Crippen molar-refractivity contribution in [2.45, 2.75) is 214 Å². The molecule has 1 saturated heterocycles. The van der Waals surface area contributed by atoms with Crippen LogP contribution in [0.4, 0.5) is 0 Å². The molecule has 7 heteroatoms. The molecule has 5 aliphatic rings. The van der Waals surface area contributed by atoms with Crippen LogP contribution in [-0.2, 0) is 28.5 Å². The van der Waals surface area contributed by atoms with Gasteiger partial charge in [-0.3, -0.25) is 4.90 Å². The van der Waals surface area contributed by atoms with E-state index in [1.165, 1.54) is 135 Å². The Balaban J connectivity index is 0.928. The standard InChI is InChI=1S/C56H99NO6/c1-7-8-9-10-11-12-13-14-15-16-17-18-19-20-21-22-36-60-43-49(42-57-34-37-59-38-35-57)62-40-39-61-44-54(58)63-48-30-32-55(5)47(41-48)26-27-50-52-29-28-51(46(4)25-23-24-45(2)3)56(52,6)33-31-53(50)55/h14-15,26,45-46,48-53H,7-13,16-25,27-44H2,1-6H3/t46-,48?,49?,50?,51-,52?,53?,55+,56-/m1/s1. The van der Waals surface area contributed by atoms with Crippen molar-refractivity contribution in [3.8, 4) is 0 Å². The van der Waals surface area contributed by atoms with Crippen LogP contribution in [-0.4, -0.2) is 89.0 Å². The van der Waals surface area contributed by atoms with E-state index >= 15 is 0 Å². The Morgan fingerprint density at radius 3 is 2.24 bits per heavy atom. The molecule has 0 radical (unpaired) electrons. The average molecular weight is 882 g/mol. The Hall–Kier alpha value is -1.25. The van der Waals surface area contributed by atoms with Crippen molar-refractivity contribution in [2.24, 2.45) is 46.3 Å². The van der Waals surface area contributed by atoms with E-state index in [-0.39, 0.29) is 30.2 Å². The molecule has 0 amide bonds. The van der Waals surface area contributed by atoms with Crippen molar-refractivity contribution in [1.82, 2.24) is 4.90 Å². The molecule has 5 rings (SSSR count). The van der Waals surface area contributed by atoms with E-state index in [4.69, 9.17) is 23.7 Å². The van der Waals surface area contributed by atoms with Crippen LogP contribution in [0, 0.1) is 46.3 Å².